The first-order valence-electron chi connectivity index (χ1n) is 7.78. The Morgan fingerprint density at radius 2 is 2.10 bits per heavy atom. The Hall–Kier alpha value is -0.460. The zero-order valence-electron chi connectivity index (χ0n) is 12.4. The molecule has 2 aliphatic heterocycles. The number of carbonyl (C=O) groups is 1. The maximum atomic E-state index is 12.4. The lowest BCUT2D eigenvalue weighted by atomic mass is 9.95. The third-order valence-electron chi connectivity index (χ3n) is 4.64. The molecule has 0 spiro atoms. The third-order valence-corrected chi connectivity index (χ3v) is 6.11. The molecule has 1 aromatic heterocycles. The largest absolute Gasteiger partial charge is 0.338 e. The van der Waals surface area contributed by atoms with Gasteiger partial charge in [0.2, 0.25) is 0 Å². The van der Waals surface area contributed by atoms with Crippen molar-refractivity contribution in [1.82, 2.24) is 14.8 Å². The van der Waals surface area contributed by atoms with Crippen LogP contribution in [0.1, 0.15) is 42.3 Å². The number of likely N-dealkylation sites (tertiary alicyclic amines) is 2. The number of nitrogens with zero attached hydrogens (tertiary/aromatic N) is 3. The van der Waals surface area contributed by atoms with E-state index in [-0.39, 0.29) is 5.91 Å². The van der Waals surface area contributed by atoms with Crippen molar-refractivity contribution in [3.8, 4) is 0 Å². The van der Waals surface area contributed by atoms with E-state index in [9.17, 15) is 4.79 Å². The predicted octanol–water partition coefficient (Wildman–Crippen LogP) is 3.24. The minimum atomic E-state index is 0.142. The maximum Gasteiger partial charge on any atom is 0.265 e. The van der Waals surface area contributed by atoms with Gasteiger partial charge in [-0.1, -0.05) is 6.92 Å². The van der Waals surface area contributed by atoms with Gasteiger partial charge in [-0.15, -0.1) is 11.3 Å². The van der Waals surface area contributed by atoms with Crippen molar-refractivity contribution >= 4 is 33.2 Å². The van der Waals surface area contributed by atoms with Crippen molar-refractivity contribution in [3.63, 3.8) is 0 Å². The molecule has 116 valence electrons. The van der Waals surface area contributed by atoms with Crippen molar-refractivity contribution < 1.29 is 4.79 Å². The monoisotopic (exact) mass is 371 g/mol. The molecule has 0 unspecified atom stereocenters. The molecule has 3 rings (SSSR count). The smallest absolute Gasteiger partial charge is 0.265 e. The lowest BCUT2D eigenvalue weighted by molar-refractivity contribution is 0.0545. The first-order valence-corrected chi connectivity index (χ1v) is 9.39. The van der Waals surface area contributed by atoms with Crippen LogP contribution < -0.4 is 0 Å². The molecule has 2 aliphatic rings. The van der Waals surface area contributed by atoms with Gasteiger partial charge in [0.25, 0.3) is 5.91 Å². The average Bonchev–Trinajstić information content (AvgIpc) is 2.93. The Balaban J connectivity index is 1.54. The Morgan fingerprint density at radius 1 is 1.33 bits per heavy atom. The molecule has 0 radical (unpaired) electrons. The second kappa shape index (κ2) is 6.75. The van der Waals surface area contributed by atoms with E-state index in [1.807, 2.05) is 4.90 Å². The van der Waals surface area contributed by atoms with Crippen LogP contribution in [0.3, 0.4) is 0 Å². The fraction of sp³-hybridized carbons (Fsp3) is 0.733. The molecular weight excluding hydrogens is 350 g/mol. The molecule has 0 N–H and O–H groups in total. The Morgan fingerprint density at radius 3 is 2.71 bits per heavy atom. The van der Waals surface area contributed by atoms with E-state index in [0.29, 0.717) is 6.04 Å². The molecule has 4 nitrogen and oxygen atoms in total. The quantitative estimate of drug-likeness (QED) is 0.800. The van der Waals surface area contributed by atoms with Gasteiger partial charge in [0.15, 0.2) is 3.92 Å². The molecular formula is C15H22BrN3OS. The second-order valence-electron chi connectivity index (χ2n) is 6.24. The molecule has 0 bridgehead atoms. The van der Waals surface area contributed by atoms with Gasteiger partial charge in [-0.25, -0.2) is 4.98 Å². The van der Waals surface area contributed by atoms with E-state index in [4.69, 9.17) is 0 Å². The van der Waals surface area contributed by atoms with Gasteiger partial charge >= 0.3 is 0 Å². The van der Waals surface area contributed by atoms with Crippen LogP contribution in [0.2, 0.25) is 0 Å². The van der Waals surface area contributed by atoms with Gasteiger partial charge in [0.05, 0.1) is 6.20 Å². The highest BCUT2D eigenvalue weighted by Crippen LogP contribution is 2.25. The molecule has 2 fully saturated rings. The number of rotatable bonds is 2. The van der Waals surface area contributed by atoms with Gasteiger partial charge in [-0.3, -0.25) is 9.69 Å². The normalized spacial score (nSPS) is 25.2. The van der Waals surface area contributed by atoms with Crippen LogP contribution in [0.25, 0.3) is 0 Å². The molecule has 2 saturated heterocycles. The van der Waals surface area contributed by atoms with Gasteiger partial charge in [-0.2, -0.15) is 0 Å². The number of carbonyl (C=O) groups excluding carboxylic acids is 1. The number of aromatic nitrogens is 1. The van der Waals surface area contributed by atoms with E-state index >= 15 is 0 Å². The maximum absolute atomic E-state index is 12.4. The van der Waals surface area contributed by atoms with E-state index < -0.39 is 0 Å². The van der Waals surface area contributed by atoms with Crippen LogP contribution in [0.15, 0.2) is 10.1 Å². The summed E-state index contributed by atoms with van der Waals surface area (Å²) in [5.74, 6) is 0.969. The van der Waals surface area contributed by atoms with Crippen LogP contribution in [-0.2, 0) is 0 Å². The Kier molecular flexibility index (Phi) is 4.96. The first kappa shape index (κ1) is 15.4. The van der Waals surface area contributed by atoms with E-state index in [2.05, 4.69) is 32.7 Å². The zero-order chi connectivity index (χ0) is 14.8. The van der Waals surface area contributed by atoms with Gasteiger partial charge in [0, 0.05) is 25.7 Å². The SMILES string of the molecule is C[C@@H]1CCCN(C2CCN(C(=O)c3cnc(Br)s3)CC2)C1. The van der Waals surface area contributed by atoms with Gasteiger partial charge in [0.1, 0.15) is 4.88 Å². The van der Waals surface area contributed by atoms with Crippen LogP contribution in [0.4, 0.5) is 0 Å². The third kappa shape index (κ3) is 3.66. The molecule has 6 heteroatoms. The van der Waals surface area contributed by atoms with Crippen LogP contribution >= 0.6 is 27.3 Å². The summed E-state index contributed by atoms with van der Waals surface area (Å²) in [5, 5.41) is 0. The summed E-state index contributed by atoms with van der Waals surface area (Å²) in [6.07, 6.45) is 6.59. The number of hydrogen-bond acceptors (Lipinski definition) is 4. The highest BCUT2D eigenvalue weighted by Gasteiger charge is 2.29. The molecule has 21 heavy (non-hydrogen) atoms. The molecule has 1 atom stereocenters. The van der Waals surface area contributed by atoms with Crippen molar-refractivity contribution in [2.24, 2.45) is 5.92 Å². The average molecular weight is 372 g/mol. The van der Waals surface area contributed by atoms with Crippen LogP contribution in [-0.4, -0.2) is 52.9 Å². The number of hydrogen-bond donors (Lipinski definition) is 0. The van der Waals surface area contributed by atoms with Gasteiger partial charge < -0.3 is 4.90 Å². The summed E-state index contributed by atoms with van der Waals surface area (Å²) >= 11 is 4.74. The predicted molar refractivity (Wildman–Crippen MR) is 88.7 cm³/mol. The number of thiazole rings is 1. The number of amides is 1. The van der Waals surface area contributed by atoms with Crippen molar-refractivity contribution in [1.29, 1.82) is 0 Å². The molecule has 0 aromatic carbocycles. The highest BCUT2D eigenvalue weighted by atomic mass is 79.9. The van der Waals surface area contributed by atoms with Crippen molar-refractivity contribution in [2.75, 3.05) is 26.2 Å². The lowest BCUT2D eigenvalue weighted by Gasteiger charge is -2.41. The van der Waals surface area contributed by atoms with Crippen LogP contribution in [0, 0.1) is 5.92 Å². The topological polar surface area (TPSA) is 36.4 Å². The van der Waals surface area contributed by atoms with E-state index in [1.165, 1.54) is 37.3 Å². The van der Waals surface area contributed by atoms with Crippen molar-refractivity contribution in [3.05, 3.63) is 15.0 Å². The fourth-order valence-corrected chi connectivity index (χ4v) is 4.73. The van der Waals surface area contributed by atoms with E-state index in [0.717, 1.165) is 40.6 Å². The number of piperidine rings is 2. The Labute approximate surface area is 138 Å². The molecule has 0 aliphatic carbocycles. The summed E-state index contributed by atoms with van der Waals surface area (Å²) in [6.45, 7) is 6.59. The standard InChI is InChI=1S/C15H22BrN3OS/c1-11-3-2-6-19(10-11)12-4-7-18(8-5-12)14(20)13-9-17-15(16)21-13/h9,11-12H,2-8,10H2,1H3/t11-/m1/s1. The molecule has 3 heterocycles. The molecule has 1 aromatic rings. The summed E-state index contributed by atoms with van der Waals surface area (Å²) in [6, 6.07) is 0.671. The summed E-state index contributed by atoms with van der Waals surface area (Å²) in [4.78, 5) is 21.9. The minimum absolute atomic E-state index is 0.142. The Bertz CT molecular complexity index is 499. The lowest BCUT2D eigenvalue weighted by Crippen LogP contribution is -2.49. The van der Waals surface area contributed by atoms with Gasteiger partial charge in [-0.05, 0) is 54.1 Å². The van der Waals surface area contributed by atoms with Crippen LogP contribution in [0.5, 0.6) is 0 Å². The minimum Gasteiger partial charge on any atom is -0.338 e. The molecule has 1 amide bonds. The molecule has 0 saturated carbocycles. The summed E-state index contributed by atoms with van der Waals surface area (Å²) in [7, 11) is 0. The summed E-state index contributed by atoms with van der Waals surface area (Å²) < 4.78 is 0.781. The van der Waals surface area contributed by atoms with Crippen molar-refractivity contribution in [2.45, 2.75) is 38.6 Å². The summed E-state index contributed by atoms with van der Waals surface area (Å²) in [5.41, 5.74) is 0. The highest BCUT2D eigenvalue weighted by molar-refractivity contribution is 9.11. The number of halogens is 1. The fourth-order valence-electron chi connectivity index (χ4n) is 3.50. The first-order chi connectivity index (χ1) is 10.1. The van der Waals surface area contributed by atoms with E-state index in [1.54, 1.807) is 6.20 Å². The zero-order valence-corrected chi connectivity index (χ0v) is 14.8. The second-order valence-corrected chi connectivity index (χ2v) is 8.55.